The van der Waals surface area contributed by atoms with E-state index in [2.05, 4.69) is 15.3 Å². The number of aromatic amines is 1. The van der Waals surface area contributed by atoms with Gasteiger partial charge in [-0.25, -0.2) is 9.61 Å². The standard InChI is InChI=1S/C14H14N4O3S/c1-20-11-5-4-8(6-12(11)21-2)9-7-10-13(19)15-16-14(22-3)18(10)17-9/h4-7H,1-3H3,(H,15,19). The summed E-state index contributed by atoms with van der Waals surface area (Å²) in [4.78, 5) is 11.9. The molecule has 0 spiro atoms. The smallest absolute Gasteiger partial charge is 0.290 e. The molecule has 1 aromatic carbocycles. The predicted molar refractivity (Wildman–Crippen MR) is 83.9 cm³/mol. The number of H-pyrrole nitrogens is 1. The minimum atomic E-state index is -0.281. The van der Waals surface area contributed by atoms with Gasteiger partial charge in [-0.2, -0.15) is 5.10 Å². The van der Waals surface area contributed by atoms with Gasteiger partial charge in [0.25, 0.3) is 5.56 Å². The van der Waals surface area contributed by atoms with Crippen LogP contribution in [0.5, 0.6) is 11.5 Å². The zero-order valence-corrected chi connectivity index (χ0v) is 13.1. The summed E-state index contributed by atoms with van der Waals surface area (Å²) in [6, 6.07) is 7.21. The minimum absolute atomic E-state index is 0.281. The number of hydrogen-bond acceptors (Lipinski definition) is 6. The van der Waals surface area contributed by atoms with E-state index in [1.165, 1.54) is 16.3 Å². The highest BCUT2D eigenvalue weighted by Gasteiger charge is 2.13. The Kier molecular flexibility index (Phi) is 3.76. The lowest BCUT2D eigenvalue weighted by Crippen LogP contribution is -2.13. The lowest BCUT2D eigenvalue weighted by Gasteiger charge is -2.08. The highest BCUT2D eigenvalue weighted by atomic mass is 32.2. The average Bonchev–Trinajstić information content (AvgIpc) is 3.00. The van der Waals surface area contributed by atoms with Gasteiger partial charge in [0.1, 0.15) is 5.52 Å². The number of fused-ring (bicyclic) bond motifs is 1. The Bertz CT molecular complexity index is 887. The molecular formula is C14H14N4O3S. The lowest BCUT2D eigenvalue weighted by molar-refractivity contribution is 0.355. The van der Waals surface area contributed by atoms with Gasteiger partial charge < -0.3 is 9.47 Å². The molecule has 3 rings (SSSR count). The van der Waals surface area contributed by atoms with Crippen molar-refractivity contribution in [3.63, 3.8) is 0 Å². The maximum absolute atomic E-state index is 11.9. The molecule has 7 nitrogen and oxygen atoms in total. The molecule has 0 aliphatic heterocycles. The van der Waals surface area contributed by atoms with E-state index in [1.54, 1.807) is 26.4 Å². The molecule has 2 aromatic heterocycles. The third-order valence-electron chi connectivity index (χ3n) is 3.24. The Balaban J connectivity index is 2.18. The third kappa shape index (κ3) is 2.31. The van der Waals surface area contributed by atoms with Crippen molar-refractivity contribution >= 4 is 17.3 Å². The van der Waals surface area contributed by atoms with Crippen molar-refractivity contribution in [1.29, 1.82) is 0 Å². The van der Waals surface area contributed by atoms with Crippen molar-refractivity contribution in [2.24, 2.45) is 0 Å². The van der Waals surface area contributed by atoms with Crippen LogP contribution in [0, 0.1) is 0 Å². The number of nitrogens with zero attached hydrogens (tertiary/aromatic N) is 3. The van der Waals surface area contributed by atoms with E-state index in [1.807, 2.05) is 18.4 Å². The van der Waals surface area contributed by atoms with E-state index in [9.17, 15) is 4.79 Å². The first-order chi connectivity index (χ1) is 10.7. The summed E-state index contributed by atoms with van der Waals surface area (Å²) in [6.07, 6.45) is 1.87. The molecule has 0 aliphatic carbocycles. The zero-order valence-electron chi connectivity index (χ0n) is 12.3. The van der Waals surface area contributed by atoms with Crippen LogP contribution in [-0.4, -0.2) is 40.3 Å². The largest absolute Gasteiger partial charge is 0.493 e. The Labute approximate surface area is 130 Å². The summed E-state index contributed by atoms with van der Waals surface area (Å²) < 4.78 is 12.1. The van der Waals surface area contributed by atoms with Crippen LogP contribution in [0.25, 0.3) is 16.8 Å². The molecule has 22 heavy (non-hydrogen) atoms. The van der Waals surface area contributed by atoms with Gasteiger partial charge in [0.05, 0.1) is 19.9 Å². The van der Waals surface area contributed by atoms with Gasteiger partial charge in [-0.15, -0.1) is 5.10 Å². The third-order valence-corrected chi connectivity index (χ3v) is 3.87. The van der Waals surface area contributed by atoms with E-state index >= 15 is 0 Å². The van der Waals surface area contributed by atoms with E-state index in [-0.39, 0.29) is 5.56 Å². The number of thioether (sulfide) groups is 1. The molecule has 8 heteroatoms. The Morgan fingerprint density at radius 3 is 2.64 bits per heavy atom. The van der Waals surface area contributed by atoms with Crippen molar-refractivity contribution in [3.05, 3.63) is 34.6 Å². The Morgan fingerprint density at radius 2 is 1.95 bits per heavy atom. The molecular weight excluding hydrogens is 304 g/mol. The van der Waals surface area contributed by atoms with Crippen LogP contribution < -0.4 is 15.0 Å². The summed E-state index contributed by atoms with van der Waals surface area (Å²) in [5, 5.41) is 11.5. The molecule has 1 N–H and O–H groups in total. The van der Waals surface area contributed by atoms with Gasteiger partial charge in [-0.05, 0) is 30.5 Å². The average molecular weight is 318 g/mol. The molecule has 0 atom stereocenters. The molecule has 0 unspecified atom stereocenters. The van der Waals surface area contributed by atoms with Crippen LogP contribution >= 0.6 is 11.8 Å². The van der Waals surface area contributed by atoms with E-state index in [0.717, 1.165) is 5.56 Å². The second-order valence-corrected chi connectivity index (χ2v) is 5.21. The number of nitrogens with one attached hydrogen (secondary N) is 1. The predicted octanol–water partition coefficient (Wildman–Crippen LogP) is 1.82. The molecule has 114 valence electrons. The number of ether oxygens (including phenoxy) is 2. The van der Waals surface area contributed by atoms with Crippen LogP contribution in [0.15, 0.2) is 34.2 Å². The molecule has 0 fully saturated rings. The molecule has 0 aliphatic rings. The number of methoxy groups -OCH3 is 2. The molecule has 2 heterocycles. The van der Waals surface area contributed by atoms with Crippen molar-refractivity contribution in [2.45, 2.75) is 5.16 Å². The van der Waals surface area contributed by atoms with Gasteiger partial charge in [0, 0.05) is 5.56 Å². The highest BCUT2D eigenvalue weighted by molar-refractivity contribution is 7.98. The molecule has 0 amide bonds. The number of benzene rings is 1. The fourth-order valence-electron chi connectivity index (χ4n) is 2.16. The van der Waals surface area contributed by atoms with Crippen LogP contribution in [0.3, 0.4) is 0 Å². The van der Waals surface area contributed by atoms with Gasteiger partial charge in [-0.1, -0.05) is 11.8 Å². The fourth-order valence-corrected chi connectivity index (χ4v) is 2.61. The minimum Gasteiger partial charge on any atom is -0.493 e. The van der Waals surface area contributed by atoms with E-state index in [4.69, 9.17) is 9.47 Å². The summed E-state index contributed by atoms with van der Waals surface area (Å²) in [5.74, 6) is 1.24. The molecule has 0 saturated carbocycles. The first-order valence-electron chi connectivity index (χ1n) is 6.42. The van der Waals surface area contributed by atoms with Crippen LogP contribution in [0.4, 0.5) is 0 Å². The topological polar surface area (TPSA) is 81.5 Å². The van der Waals surface area contributed by atoms with Gasteiger partial charge in [0.15, 0.2) is 11.5 Å². The summed E-state index contributed by atoms with van der Waals surface area (Å²) in [6.45, 7) is 0. The van der Waals surface area contributed by atoms with Crippen molar-refractivity contribution in [1.82, 2.24) is 19.8 Å². The monoisotopic (exact) mass is 318 g/mol. The molecule has 0 saturated heterocycles. The van der Waals surface area contributed by atoms with E-state index < -0.39 is 0 Å². The molecule has 0 radical (unpaired) electrons. The maximum Gasteiger partial charge on any atom is 0.290 e. The summed E-state index contributed by atoms with van der Waals surface area (Å²) in [5.41, 5.74) is 1.66. The van der Waals surface area contributed by atoms with Crippen LogP contribution in [-0.2, 0) is 0 Å². The number of hydrogen-bond donors (Lipinski definition) is 1. The van der Waals surface area contributed by atoms with Gasteiger partial charge in [0.2, 0.25) is 5.16 Å². The van der Waals surface area contributed by atoms with Gasteiger partial charge in [-0.3, -0.25) is 4.79 Å². The quantitative estimate of drug-likeness (QED) is 0.739. The van der Waals surface area contributed by atoms with Crippen molar-refractivity contribution in [2.75, 3.05) is 20.5 Å². The lowest BCUT2D eigenvalue weighted by atomic mass is 10.1. The Morgan fingerprint density at radius 1 is 1.18 bits per heavy atom. The SMILES string of the molecule is COc1ccc(-c2cc3c(=O)[nH]nc(SC)n3n2)cc1OC. The first-order valence-corrected chi connectivity index (χ1v) is 7.65. The van der Waals surface area contributed by atoms with Crippen molar-refractivity contribution < 1.29 is 9.47 Å². The normalized spacial score (nSPS) is 10.9. The fraction of sp³-hybridized carbons (Fsp3) is 0.214. The van der Waals surface area contributed by atoms with Crippen LogP contribution in [0.2, 0.25) is 0 Å². The van der Waals surface area contributed by atoms with Crippen LogP contribution in [0.1, 0.15) is 0 Å². The molecule has 0 bridgehead atoms. The zero-order chi connectivity index (χ0) is 15.7. The maximum atomic E-state index is 11.9. The highest BCUT2D eigenvalue weighted by Crippen LogP contribution is 2.32. The number of aromatic nitrogens is 4. The molecule has 3 aromatic rings. The summed E-state index contributed by atoms with van der Waals surface area (Å²) >= 11 is 1.40. The van der Waals surface area contributed by atoms with Gasteiger partial charge >= 0.3 is 0 Å². The first kappa shape index (κ1) is 14.5. The van der Waals surface area contributed by atoms with Crippen molar-refractivity contribution in [3.8, 4) is 22.8 Å². The van der Waals surface area contributed by atoms with E-state index in [0.29, 0.717) is 27.9 Å². The second-order valence-electron chi connectivity index (χ2n) is 4.44. The number of rotatable bonds is 4. The Hall–Kier alpha value is -2.48. The second kappa shape index (κ2) is 5.72. The summed E-state index contributed by atoms with van der Waals surface area (Å²) in [7, 11) is 3.16.